The van der Waals surface area contributed by atoms with Gasteiger partial charge >= 0.3 is 0 Å². The first kappa shape index (κ1) is 15.4. The van der Waals surface area contributed by atoms with Crippen molar-refractivity contribution >= 4 is 33.4 Å². The molecule has 0 spiro atoms. The molecule has 0 aliphatic carbocycles. The van der Waals surface area contributed by atoms with E-state index in [0.717, 1.165) is 4.47 Å². The van der Waals surface area contributed by atoms with Crippen LogP contribution in [0.1, 0.15) is 16.8 Å². The summed E-state index contributed by atoms with van der Waals surface area (Å²) in [5.41, 5.74) is 0.490. The van der Waals surface area contributed by atoms with E-state index in [1.54, 1.807) is 18.2 Å². The van der Waals surface area contributed by atoms with E-state index in [9.17, 15) is 9.90 Å². The molecule has 0 fully saturated rings. The Morgan fingerprint density at radius 1 is 1.61 bits per heavy atom. The van der Waals surface area contributed by atoms with Gasteiger partial charge in [0.2, 0.25) is 0 Å². The van der Waals surface area contributed by atoms with Gasteiger partial charge in [0.15, 0.2) is 0 Å². The van der Waals surface area contributed by atoms with Crippen LogP contribution in [0.2, 0.25) is 5.02 Å². The molecular weight excluding hydrogens is 321 g/mol. The zero-order valence-corrected chi connectivity index (χ0v) is 12.3. The summed E-state index contributed by atoms with van der Waals surface area (Å²) >= 11 is 9.16. The smallest absolute Gasteiger partial charge is 0.251 e. The molecule has 1 unspecified atom stereocenters. The van der Waals surface area contributed by atoms with Gasteiger partial charge in [-0.05, 0) is 40.5 Å². The highest BCUT2D eigenvalue weighted by Crippen LogP contribution is 2.23. The van der Waals surface area contributed by atoms with Crippen LogP contribution >= 0.6 is 27.5 Å². The van der Waals surface area contributed by atoms with Crippen molar-refractivity contribution in [3.05, 3.63) is 33.3 Å². The quantitative estimate of drug-likeness (QED) is 0.837. The van der Waals surface area contributed by atoms with Crippen LogP contribution in [0, 0.1) is 0 Å². The number of ether oxygens (including phenoxy) is 1. The minimum absolute atomic E-state index is 0.214. The predicted molar refractivity (Wildman–Crippen MR) is 74.0 cm³/mol. The molecule has 0 aromatic heterocycles. The van der Waals surface area contributed by atoms with E-state index in [-0.39, 0.29) is 12.5 Å². The third-order valence-corrected chi connectivity index (χ3v) is 3.54. The molecule has 6 heteroatoms. The molecule has 1 aromatic carbocycles. The predicted octanol–water partition coefficient (Wildman–Crippen LogP) is 2.23. The van der Waals surface area contributed by atoms with E-state index >= 15 is 0 Å². The maximum absolute atomic E-state index is 11.7. The van der Waals surface area contributed by atoms with Crippen LogP contribution in [-0.2, 0) is 4.74 Å². The zero-order chi connectivity index (χ0) is 13.5. The van der Waals surface area contributed by atoms with Crippen molar-refractivity contribution in [2.45, 2.75) is 12.5 Å². The summed E-state index contributed by atoms with van der Waals surface area (Å²) in [6, 6.07) is 4.99. The molecule has 100 valence electrons. The molecule has 2 N–H and O–H groups in total. The van der Waals surface area contributed by atoms with Crippen molar-refractivity contribution in [2.75, 3.05) is 20.3 Å². The number of aliphatic hydroxyl groups is 1. The number of benzene rings is 1. The summed E-state index contributed by atoms with van der Waals surface area (Å²) in [5.74, 6) is -0.214. The van der Waals surface area contributed by atoms with Crippen molar-refractivity contribution < 1.29 is 14.6 Å². The number of aliphatic hydroxyl groups excluding tert-OH is 1. The van der Waals surface area contributed by atoms with Gasteiger partial charge in [0.05, 0.1) is 17.7 Å². The summed E-state index contributed by atoms with van der Waals surface area (Å²) in [6.45, 7) is 0.650. The highest BCUT2D eigenvalue weighted by atomic mass is 79.9. The van der Waals surface area contributed by atoms with Gasteiger partial charge in [0.25, 0.3) is 5.91 Å². The molecule has 0 saturated heterocycles. The molecule has 0 saturated carbocycles. The number of amides is 1. The monoisotopic (exact) mass is 335 g/mol. The lowest BCUT2D eigenvalue weighted by Gasteiger charge is -2.10. The molecule has 4 nitrogen and oxygen atoms in total. The second-order valence-corrected chi connectivity index (χ2v) is 5.04. The van der Waals surface area contributed by atoms with Crippen LogP contribution in [0.3, 0.4) is 0 Å². The Morgan fingerprint density at radius 2 is 2.33 bits per heavy atom. The highest BCUT2D eigenvalue weighted by molar-refractivity contribution is 9.10. The number of hydrogen-bond acceptors (Lipinski definition) is 3. The van der Waals surface area contributed by atoms with Crippen LogP contribution in [0.5, 0.6) is 0 Å². The van der Waals surface area contributed by atoms with Crippen molar-refractivity contribution in [3.63, 3.8) is 0 Å². The van der Waals surface area contributed by atoms with Gasteiger partial charge in [-0.15, -0.1) is 0 Å². The molecule has 0 radical (unpaired) electrons. The van der Waals surface area contributed by atoms with Gasteiger partial charge in [0.1, 0.15) is 0 Å². The van der Waals surface area contributed by atoms with Crippen LogP contribution < -0.4 is 5.32 Å². The van der Waals surface area contributed by atoms with E-state index in [1.807, 2.05) is 0 Å². The van der Waals surface area contributed by atoms with Gasteiger partial charge in [-0.3, -0.25) is 4.79 Å². The van der Waals surface area contributed by atoms with E-state index < -0.39 is 6.10 Å². The molecule has 0 aliphatic heterocycles. The molecule has 18 heavy (non-hydrogen) atoms. The third-order valence-electron chi connectivity index (χ3n) is 2.30. The Balaban J connectivity index is 2.43. The van der Waals surface area contributed by atoms with Crippen molar-refractivity contribution in [2.24, 2.45) is 0 Å². The number of carbonyl (C=O) groups excluding carboxylic acids is 1. The van der Waals surface area contributed by atoms with Gasteiger partial charge < -0.3 is 15.2 Å². The van der Waals surface area contributed by atoms with Crippen molar-refractivity contribution in [1.82, 2.24) is 5.32 Å². The summed E-state index contributed by atoms with van der Waals surface area (Å²) in [6.07, 6.45) is -0.118. The van der Waals surface area contributed by atoms with Crippen LogP contribution in [0.4, 0.5) is 0 Å². The van der Waals surface area contributed by atoms with E-state index in [0.29, 0.717) is 23.6 Å². The second-order valence-electron chi connectivity index (χ2n) is 3.78. The van der Waals surface area contributed by atoms with Crippen LogP contribution in [0.25, 0.3) is 0 Å². The molecule has 1 aromatic rings. The average molecular weight is 337 g/mol. The summed E-state index contributed by atoms with van der Waals surface area (Å²) in [5, 5.41) is 12.6. The second kappa shape index (κ2) is 7.74. The summed E-state index contributed by atoms with van der Waals surface area (Å²) in [7, 11) is 1.52. The number of halogens is 2. The highest BCUT2D eigenvalue weighted by Gasteiger charge is 2.08. The minimum Gasteiger partial charge on any atom is -0.391 e. The number of nitrogens with one attached hydrogen (secondary N) is 1. The Labute approximate surface area is 119 Å². The van der Waals surface area contributed by atoms with E-state index in [1.165, 1.54) is 7.11 Å². The fourth-order valence-electron chi connectivity index (χ4n) is 1.37. The van der Waals surface area contributed by atoms with E-state index in [2.05, 4.69) is 21.2 Å². The van der Waals surface area contributed by atoms with Gasteiger partial charge in [0, 0.05) is 23.7 Å². The SMILES string of the molecule is COCC(O)CCNC(=O)c1ccc(Br)c(Cl)c1. The Kier molecular flexibility index (Phi) is 6.63. The van der Waals surface area contributed by atoms with Gasteiger partial charge in [-0.25, -0.2) is 0 Å². The van der Waals surface area contributed by atoms with Gasteiger partial charge in [-0.2, -0.15) is 0 Å². The fraction of sp³-hybridized carbons (Fsp3) is 0.417. The first-order valence-electron chi connectivity index (χ1n) is 5.45. The molecule has 1 amide bonds. The largest absolute Gasteiger partial charge is 0.391 e. The van der Waals surface area contributed by atoms with Crippen LogP contribution in [0.15, 0.2) is 22.7 Å². The van der Waals surface area contributed by atoms with Gasteiger partial charge in [-0.1, -0.05) is 11.6 Å². The maximum atomic E-state index is 11.7. The number of hydrogen-bond donors (Lipinski definition) is 2. The zero-order valence-electron chi connectivity index (χ0n) is 9.95. The summed E-state index contributed by atoms with van der Waals surface area (Å²) in [4.78, 5) is 11.7. The molecule has 0 bridgehead atoms. The normalized spacial score (nSPS) is 12.2. The van der Waals surface area contributed by atoms with Crippen LogP contribution in [-0.4, -0.2) is 37.4 Å². The summed E-state index contributed by atoms with van der Waals surface area (Å²) < 4.78 is 5.54. The Morgan fingerprint density at radius 3 is 2.94 bits per heavy atom. The first-order chi connectivity index (χ1) is 8.54. The molecular formula is C12H15BrClNO3. The lowest BCUT2D eigenvalue weighted by Crippen LogP contribution is -2.28. The average Bonchev–Trinajstić information content (AvgIpc) is 2.33. The fourth-order valence-corrected chi connectivity index (χ4v) is 1.79. The Hall–Kier alpha value is -0.620. The van der Waals surface area contributed by atoms with E-state index in [4.69, 9.17) is 16.3 Å². The molecule has 0 aliphatic rings. The van der Waals surface area contributed by atoms with Crippen molar-refractivity contribution in [1.29, 1.82) is 0 Å². The van der Waals surface area contributed by atoms with Crippen molar-refractivity contribution in [3.8, 4) is 0 Å². The third kappa shape index (κ3) is 4.94. The lowest BCUT2D eigenvalue weighted by atomic mass is 10.2. The number of rotatable bonds is 6. The first-order valence-corrected chi connectivity index (χ1v) is 6.62. The molecule has 0 heterocycles. The maximum Gasteiger partial charge on any atom is 0.251 e. The molecule has 1 rings (SSSR count). The minimum atomic E-state index is -0.566. The topological polar surface area (TPSA) is 58.6 Å². The molecule has 1 atom stereocenters. The number of methoxy groups -OCH3 is 1. The standard InChI is InChI=1S/C12H15BrClNO3/c1-18-7-9(16)4-5-15-12(17)8-2-3-10(13)11(14)6-8/h2-3,6,9,16H,4-5,7H2,1H3,(H,15,17). The Bertz CT molecular complexity index is 414. The number of carbonyl (C=O) groups is 1. The lowest BCUT2D eigenvalue weighted by molar-refractivity contribution is 0.0587.